The highest BCUT2D eigenvalue weighted by Crippen LogP contribution is 2.33. The molecule has 0 bridgehead atoms. The van der Waals surface area contributed by atoms with E-state index in [9.17, 15) is 24.6 Å². The van der Waals surface area contributed by atoms with Gasteiger partial charge in [0.15, 0.2) is 11.8 Å². The summed E-state index contributed by atoms with van der Waals surface area (Å²) in [6, 6.07) is 2.63. The van der Waals surface area contributed by atoms with Crippen LogP contribution in [0, 0.1) is 5.92 Å². The quantitative estimate of drug-likeness (QED) is 0.803. The second-order valence-corrected chi connectivity index (χ2v) is 5.43. The summed E-state index contributed by atoms with van der Waals surface area (Å²) >= 11 is 0. The van der Waals surface area contributed by atoms with Crippen molar-refractivity contribution >= 4 is 23.5 Å². The van der Waals surface area contributed by atoms with Crippen molar-refractivity contribution in [2.24, 2.45) is 5.92 Å². The maximum absolute atomic E-state index is 12.3. The topological polar surface area (TPSA) is 109 Å². The molecule has 3 rings (SSSR count). The Morgan fingerprint density at radius 3 is 2.33 bits per heavy atom. The predicted molar refractivity (Wildman–Crippen MR) is 81.0 cm³/mol. The van der Waals surface area contributed by atoms with E-state index < -0.39 is 17.8 Å². The number of carbonyl (C=O) groups is 3. The lowest BCUT2D eigenvalue weighted by Crippen LogP contribution is -2.34. The lowest BCUT2D eigenvalue weighted by molar-refractivity contribution is -0.193. The number of imide groups is 1. The molecular formula is C16H14N2O6. The summed E-state index contributed by atoms with van der Waals surface area (Å²) in [4.78, 5) is 40.1. The monoisotopic (exact) mass is 330 g/mol. The Labute approximate surface area is 136 Å². The van der Waals surface area contributed by atoms with Crippen molar-refractivity contribution in [3.05, 3.63) is 42.0 Å². The summed E-state index contributed by atoms with van der Waals surface area (Å²) in [7, 11) is 0. The van der Waals surface area contributed by atoms with Gasteiger partial charge in [-0.1, -0.05) is 18.1 Å². The number of amides is 2. The van der Waals surface area contributed by atoms with Crippen LogP contribution >= 0.6 is 0 Å². The summed E-state index contributed by atoms with van der Waals surface area (Å²) < 4.78 is 1.16. The molecule has 2 N–H and O–H groups in total. The van der Waals surface area contributed by atoms with Gasteiger partial charge in [-0.25, -0.2) is 4.79 Å². The Kier molecular flexibility index (Phi) is 3.72. The Bertz CT molecular complexity index is 792. The Morgan fingerprint density at radius 1 is 1.17 bits per heavy atom. The molecule has 124 valence electrons. The normalized spacial score (nSPS) is 20.2. The third-order valence-electron chi connectivity index (χ3n) is 3.79. The van der Waals surface area contributed by atoms with Gasteiger partial charge in [-0.3, -0.25) is 14.2 Å². The second-order valence-electron chi connectivity index (χ2n) is 5.43. The fraction of sp³-hybridized carbons (Fsp3) is 0.188. The molecule has 0 aromatic carbocycles. The van der Waals surface area contributed by atoms with E-state index >= 15 is 0 Å². The van der Waals surface area contributed by atoms with E-state index in [1.807, 2.05) is 0 Å². The van der Waals surface area contributed by atoms with Crippen molar-refractivity contribution in [2.75, 3.05) is 0 Å². The molecule has 1 aliphatic carbocycles. The van der Waals surface area contributed by atoms with Gasteiger partial charge < -0.3 is 15.1 Å². The summed E-state index contributed by atoms with van der Waals surface area (Å²) in [6.07, 6.45) is 5.65. The van der Waals surface area contributed by atoms with Crippen LogP contribution in [0.4, 0.5) is 0 Å². The fourth-order valence-electron chi connectivity index (χ4n) is 2.49. The van der Waals surface area contributed by atoms with Crippen molar-refractivity contribution in [3.8, 4) is 11.8 Å². The molecule has 24 heavy (non-hydrogen) atoms. The third-order valence-corrected chi connectivity index (χ3v) is 3.79. The number of aromatic nitrogens is 1. The zero-order chi connectivity index (χ0) is 17.4. The van der Waals surface area contributed by atoms with Crippen LogP contribution in [0.25, 0.3) is 5.70 Å². The average Bonchev–Trinajstić information content (AvgIpc) is 3.04. The number of allylic oxidation sites excluding steroid dienone is 3. The second kappa shape index (κ2) is 5.73. The molecule has 2 amide bonds. The number of hydrogen-bond acceptors (Lipinski definition) is 6. The van der Waals surface area contributed by atoms with Crippen LogP contribution in [0.5, 0.6) is 11.8 Å². The molecule has 8 heteroatoms. The van der Waals surface area contributed by atoms with Crippen molar-refractivity contribution in [3.63, 3.8) is 0 Å². The first kappa shape index (κ1) is 15.6. The first-order chi connectivity index (χ1) is 11.4. The first-order valence-electron chi connectivity index (χ1n) is 7.18. The van der Waals surface area contributed by atoms with E-state index in [1.54, 1.807) is 13.0 Å². The van der Waals surface area contributed by atoms with E-state index in [-0.39, 0.29) is 23.3 Å². The number of nitrogens with zero attached hydrogens (tertiary/aromatic N) is 2. The first-order valence-corrected chi connectivity index (χ1v) is 7.18. The van der Waals surface area contributed by atoms with E-state index in [0.29, 0.717) is 17.2 Å². The summed E-state index contributed by atoms with van der Waals surface area (Å²) in [5, 5.41) is 20.0. The van der Waals surface area contributed by atoms with Gasteiger partial charge in [0.05, 0.1) is 0 Å². The largest absolute Gasteiger partial charge is 0.494 e. The van der Waals surface area contributed by atoms with Gasteiger partial charge in [0, 0.05) is 35.6 Å². The zero-order valence-corrected chi connectivity index (χ0v) is 12.7. The smallest absolute Gasteiger partial charge is 0.360 e. The molecule has 1 aromatic rings. The van der Waals surface area contributed by atoms with Crippen molar-refractivity contribution < 1.29 is 29.4 Å². The maximum atomic E-state index is 12.3. The van der Waals surface area contributed by atoms with Gasteiger partial charge in [-0.05, 0) is 18.4 Å². The van der Waals surface area contributed by atoms with E-state index in [0.717, 1.165) is 16.7 Å². The molecule has 1 aromatic heterocycles. The molecule has 0 spiro atoms. The molecule has 2 aliphatic rings. The zero-order valence-electron chi connectivity index (χ0n) is 12.7. The number of aromatic hydroxyl groups is 2. The number of rotatable bonds is 3. The van der Waals surface area contributed by atoms with E-state index in [4.69, 9.17) is 4.84 Å². The predicted octanol–water partition coefficient (Wildman–Crippen LogP) is 1.09. The highest BCUT2D eigenvalue weighted by molar-refractivity contribution is 6.12. The maximum Gasteiger partial charge on any atom is 0.360 e. The van der Waals surface area contributed by atoms with Gasteiger partial charge in [0.1, 0.15) is 0 Å². The fourth-order valence-corrected chi connectivity index (χ4v) is 2.49. The van der Waals surface area contributed by atoms with Gasteiger partial charge in [0.2, 0.25) is 0 Å². The highest BCUT2D eigenvalue weighted by Gasteiger charge is 2.31. The lowest BCUT2D eigenvalue weighted by atomic mass is 9.92. The molecule has 0 fully saturated rings. The van der Waals surface area contributed by atoms with Crippen LogP contribution in [0.1, 0.15) is 13.3 Å². The van der Waals surface area contributed by atoms with Crippen molar-refractivity contribution in [1.29, 1.82) is 0 Å². The minimum Gasteiger partial charge on any atom is -0.494 e. The number of hydroxylamine groups is 2. The van der Waals surface area contributed by atoms with Crippen LogP contribution in [0.2, 0.25) is 0 Å². The highest BCUT2D eigenvalue weighted by atomic mass is 16.7. The van der Waals surface area contributed by atoms with Gasteiger partial charge >= 0.3 is 5.97 Å². The Balaban J connectivity index is 1.86. The Hall–Kier alpha value is -3.29. The van der Waals surface area contributed by atoms with Crippen LogP contribution in [0.3, 0.4) is 0 Å². The number of hydrogen-bond donors (Lipinski definition) is 2. The van der Waals surface area contributed by atoms with Crippen LogP contribution < -0.4 is 0 Å². The Morgan fingerprint density at radius 2 is 1.75 bits per heavy atom. The molecule has 1 atom stereocenters. The minimum absolute atomic E-state index is 0.189. The minimum atomic E-state index is -0.843. The summed E-state index contributed by atoms with van der Waals surface area (Å²) in [5.74, 6) is -2.90. The molecule has 1 aliphatic heterocycles. The van der Waals surface area contributed by atoms with Crippen LogP contribution in [0.15, 0.2) is 42.0 Å². The van der Waals surface area contributed by atoms with E-state index in [2.05, 4.69) is 0 Å². The lowest BCUT2D eigenvalue weighted by Gasteiger charge is -2.21. The van der Waals surface area contributed by atoms with Crippen LogP contribution in [-0.2, 0) is 19.2 Å². The molecule has 1 unspecified atom stereocenters. The standard InChI is InChI=1S/C16H14N2O6/c1-9-2-3-10(17-12(19)4-5-13(17)20)8-11(9)16(23)24-18-14(21)6-7-15(18)22/h3-9,19-20H,2H2,1H3. The number of carbonyl (C=O) groups excluding carboxylic acids is 3. The average molecular weight is 330 g/mol. The summed E-state index contributed by atoms with van der Waals surface area (Å²) in [6.45, 7) is 1.78. The summed E-state index contributed by atoms with van der Waals surface area (Å²) in [5.41, 5.74) is 0.602. The third kappa shape index (κ3) is 2.58. The SMILES string of the molecule is CC1CC=C(n2c(O)ccc2O)C=C1C(=O)ON1C(=O)C=CC1=O. The molecule has 2 heterocycles. The van der Waals surface area contributed by atoms with E-state index in [1.165, 1.54) is 18.2 Å². The van der Waals surface area contributed by atoms with Gasteiger partial charge in [-0.2, -0.15) is 0 Å². The molecular weight excluding hydrogens is 316 g/mol. The van der Waals surface area contributed by atoms with Crippen molar-refractivity contribution in [2.45, 2.75) is 13.3 Å². The van der Waals surface area contributed by atoms with Gasteiger partial charge in [0.25, 0.3) is 11.8 Å². The molecule has 0 saturated carbocycles. The van der Waals surface area contributed by atoms with Gasteiger partial charge in [-0.15, -0.1) is 0 Å². The molecule has 0 radical (unpaired) electrons. The van der Waals surface area contributed by atoms with Crippen molar-refractivity contribution in [1.82, 2.24) is 9.63 Å². The molecule has 8 nitrogen and oxygen atoms in total. The van der Waals surface area contributed by atoms with Crippen LogP contribution in [-0.4, -0.2) is 37.6 Å². The molecule has 0 saturated heterocycles.